The third kappa shape index (κ3) is 58.7. The van der Waals surface area contributed by atoms with Crippen molar-refractivity contribution < 1.29 is 37.3 Å². The largest absolute Gasteiger partial charge is 0.472 e. The third-order valence-electron chi connectivity index (χ3n) is 12.8. The molecule has 414 valence electrons. The Morgan fingerprint density at radius 3 is 1.23 bits per heavy atom. The molecule has 2 unspecified atom stereocenters. The monoisotopic (exact) mass is 1020 g/mol. The molecule has 0 aromatic heterocycles. The number of allylic oxidation sites excluding steroid dienone is 12. The Hall–Kier alpha value is -2.06. The number of phosphoric acid groups is 1. The Kier molecular flexibility index (Phi) is 52.6. The maximum atomic E-state index is 12.8. The van der Waals surface area contributed by atoms with Gasteiger partial charge in [-0.2, -0.15) is 0 Å². The quantitative estimate of drug-likeness (QED) is 0.0213. The Bertz CT molecular complexity index is 1370. The molecule has 0 fully saturated rings. The lowest BCUT2D eigenvalue weighted by molar-refractivity contribution is -0.870. The van der Waals surface area contributed by atoms with Crippen LogP contribution in [0.25, 0.3) is 0 Å². The minimum absolute atomic E-state index is 0.0859. The van der Waals surface area contributed by atoms with Crippen molar-refractivity contribution in [3.63, 3.8) is 0 Å². The van der Waals surface area contributed by atoms with Gasteiger partial charge in [-0.1, -0.05) is 241 Å². The maximum absolute atomic E-state index is 12.8. The predicted molar refractivity (Wildman–Crippen MR) is 307 cm³/mol. The molecule has 0 heterocycles. The number of phosphoric ester groups is 1. The smallest absolute Gasteiger partial charge is 0.457 e. The highest BCUT2D eigenvalue weighted by Crippen LogP contribution is 2.43. The first kappa shape index (κ1) is 68.9. The lowest BCUT2D eigenvalue weighted by Gasteiger charge is -2.24. The van der Waals surface area contributed by atoms with Gasteiger partial charge in [0, 0.05) is 13.0 Å². The molecular weight excluding hydrogens is 902 g/mol. The van der Waals surface area contributed by atoms with E-state index in [1.807, 2.05) is 21.1 Å². The number of ether oxygens (including phenoxy) is 2. The fraction of sp³-hybridized carbons (Fsp3) is 0.790. The van der Waals surface area contributed by atoms with Gasteiger partial charge in [-0.25, -0.2) is 4.57 Å². The molecule has 0 amide bonds. The van der Waals surface area contributed by atoms with Crippen molar-refractivity contribution in [1.82, 2.24) is 0 Å². The van der Waals surface area contributed by atoms with Crippen molar-refractivity contribution in [2.45, 2.75) is 264 Å². The second-order valence-corrected chi connectivity index (χ2v) is 22.4. The van der Waals surface area contributed by atoms with E-state index in [9.17, 15) is 14.3 Å². The third-order valence-corrected chi connectivity index (χ3v) is 13.7. The van der Waals surface area contributed by atoms with Crippen LogP contribution in [-0.2, 0) is 27.9 Å². The van der Waals surface area contributed by atoms with Crippen LogP contribution in [0.5, 0.6) is 0 Å². The highest BCUT2D eigenvalue weighted by atomic mass is 31.2. The minimum Gasteiger partial charge on any atom is -0.457 e. The van der Waals surface area contributed by atoms with E-state index < -0.39 is 13.9 Å². The molecule has 0 aliphatic heterocycles. The first-order valence-corrected chi connectivity index (χ1v) is 31.2. The van der Waals surface area contributed by atoms with E-state index in [1.54, 1.807) is 0 Å². The van der Waals surface area contributed by atoms with Crippen molar-refractivity contribution in [3.8, 4) is 0 Å². The molecule has 0 spiro atoms. The number of quaternary nitrogens is 1. The number of carbonyl (C=O) groups is 1. The zero-order valence-electron chi connectivity index (χ0n) is 47.2. The first-order chi connectivity index (χ1) is 34.6. The van der Waals surface area contributed by atoms with Crippen LogP contribution >= 0.6 is 7.82 Å². The van der Waals surface area contributed by atoms with Gasteiger partial charge in [0.1, 0.15) is 19.3 Å². The number of nitrogens with zero attached hydrogens (tertiary/aromatic N) is 1. The average molecular weight is 1020 g/mol. The normalized spacial score (nSPS) is 13.9. The fourth-order valence-corrected chi connectivity index (χ4v) is 8.97. The topological polar surface area (TPSA) is 91.3 Å². The summed E-state index contributed by atoms with van der Waals surface area (Å²) in [6, 6.07) is 0. The van der Waals surface area contributed by atoms with Gasteiger partial charge in [-0.15, -0.1) is 0 Å². The van der Waals surface area contributed by atoms with Crippen LogP contribution in [0.15, 0.2) is 72.9 Å². The van der Waals surface area contributed by atoms with E-state index in [1.165, 1.54) is 173 Å². The summed E-state index contributed by atoms with van der Waals surface area (Å²) in [6.07, 6.45) is 72.5. The minimum atomic E-state index is -4.29. The standard InChI is InChI=1S/C62H114NO7P/c1-6-8-10-12-14-16-18-20-22-24-26-28-30-32-33-35-37-39-41-43-45-47-49-51-53-55-62(64)70-61(60-69-71(65,66)68-58-56-63(3,4)5)59-67-57-54-52-50-48-46-44-42-40-38-36-34-31-29-27-25-23-21-19-17-15-13-11-9-7-2/h9,11,15,17-18,20-21,23-24,26-27,29,61H,6-8,10,12-14,16,19,22,25,28,30-60H2,1-5H3/p+1/b11-9-,17-15-,20-18-,23-21-,26-24-,29-27-. The summed E-state index contributed by atoms with van der Waals surface area (Å²) in [5, 5.41) is 0. The summed E-state index contributed by atoms with van der Waals surface area (Å²) in [6.45, 7) is 5.52. The Labute approximate surface area is 440 Å². The lowest BCUT2D eigenvalue weighted by Crippen LogP contribution is -2.37. The molecule has 0 aromatic carbocycles. The molecule has 0 aliphatic rings. The number of rotatable bonds is 55. The summed E-state index contributed by atoms with van der Waals surface area (Å²) in [4.78, 5) is 23.1. The molecule has 0 aromatic rings. The van der Waals surface area contributed by atoms with Gasteiger partial charge in [0.2, 0.25) is 0 Å². The van der Waals surface area contributed by atoms with Gasteiger partial charge in [0.15, 0.2) is 0 Å². The van der Waals surface area contributed by atoms with Crippen LogP contribution < -0.4 is 0 Å². The summed E-state index contributed by atoms with van der Waals surface area (Å²) < 4.78 is 35.3. The average Bonchev–Trinajstić information content (AvgIpc) is 3.33. The molecule has 71 heavy (non-hydrogen) atoms. The molecule has 1 N–H and O–H groups in total. The molecule has 0 radical (unpaired) electrons. The van der Waals surface area contributed by atoms with Gasteiger partial charge in [-0.3, -0.25) is 13.8 Å². The van der Waals surface area contributed by atoms with E-state index in [0.717, 1.165) is 64.2 Å². The number of likely N-dealkylation sites (N-methyl/N-ethyl adjacent to an activating group) is 1. The van der Waals surface area contributed by atoms with Crippen molar-refractivity contribution in [2.24, 2.45) is 0 Å². The number of esters is 1. The Morgan fingerprint density at radius 2 is 0.817 bits per heavy atom. The molecule has 0 bridgehead atoms. The zero-order valence-corrected chi connectivity index (χ0v) is 48.1. The molecule has 0 aliphatic carbocycles. The molecule has 8 nitrogen and oxygen atoms in total. The molecule has 0 rings (SSSR count). The molecule has 2 atom stereocenters. The second kappa shape index (κ2) is 54.2. The summed E-state index contributed by atoms with van der Waals surface area (Å²) >= 11 is 0. The summed E-state index contributed by atoms with van der Waals surface area (Å²) in [5.41, 5.74) is 0. The van der Waals surface area contributed by atoms with Crippen LogP contribution in [0.4, 0.5) is 0 Å². The fourth-order valence-electron chi connectivity index (χ4n) is 8.22. The van der Waals surface area contributed by atoms with Gasteiger partial charge in [0.25, 0.3) is 0 Å². The zero-order chi connectivity index (χ0) is 51.9. The number of carbonyl (C=O) groups excluding carboxylic acids is 1. The SMILES string of the molecule is CC/C=C\C/C=C\C/C=C\C/C=C\CCCCCCCCCCCCCOCC(COP(=O)(O)OCC[N+](C)(C)C)OC(=O)CCCCCCCCCCCCCCC/C=C\C/C=C\CCCCCCC. The molecule has 0 saturated carbocycles. The summed E-state index contributed by atoms with van der Waals surface area (Å²) in [7, 11) is 1.67. The lowest BCUT2D eigenvalue weighted by atomic mass is 10.0. The van der Waals surface area contributed by atoms with Gasteiger partial charge in [-0.05, 0) is 83.5 Å². The highest BCUT2D eigenvalue weighted by molar-refractivity contribution is 7.47. The maximum Gasteiger partial charge on any atom is 0.472 e. The Morgan fingerprint density at radius 1 is 0.451 bits per heavy atom. The van der Waals surface area contributed by atoms with E-state index in [0.29, 0.717) is 24.1 Å². The molecule has 0 saturated heterocycles. The van der Waals surface area contributed by atoms with E-state index >= 15 is 0 Å². The number of hydrogen-bond donors (Lipinski definition) is 1. The van der Waals surface area contributed by atoms with Crippen LogP contribution in [-0.4, -0.2) is 75.6 Å². The molecular formula is C62H115NO7P+. The van der Waals surface area contributed by atoms with Crippen molar-refractivity contribution in [3.05, 3.63) is 72.9 Å². The van der Waals surface area contributed by atoms with Crippen molar-refractivity contribution in [2.75, 3.05) is 54.1 Å². The van der Waals surface area contributed by atoms with Crippen molar-refractivity contribution in [1.29, 1.82) is 0 Å². The van der Waals surface area contributed by atoms with E-state index in [2.05, 4.69) is 86.8 Å². The van der Waals surface area contributed by atoms with Crippen LogP contribution in [0, 0.1) is 0 Å². The van der Waals surface area contributed by atoms with Crippen LogP contribution in [0.2, 0.25) is 0 Å². The molecule has 9 heteroatoms. The van der Waals surface area contributed by atoms with Gasteiger partial charge < -0.3 is 18.9 Å². The van der Waals surface area contributed by atoms with Crippen molar-refractivity contribution >= 4 is 13.8 Å². The van der Waals surface area contributed by atoms with Gasteiger partial charge >= 0.3 is 13.8 Å². The Balaban J connectivity index is 4.06. The first-order valence-electron chi connectivity index (χ1n) is 29.7. The number of unbranched alkanes of at least 4 members (excludes halogenated alkanes) is 29. The predicted octanol–water partition coefficient (Wildman–Crippen LogP) is 19.0. The van der Waals surface area contributed by atoms with E-state index in [4.69, 9.17) is 18.5 Å². The van der Waals surface area contributed by atoms with Crippen LogP contribution in [0.3, 0.4) is 0 Å². The van der Waals surface area contributed by atoms with Crippen LogP contribution in [0.1, 0.15) is 258 Å². The van der Waals surface area contributed by atoms with Gasteiger partial charge in [0.05, 0.1) is 34.4 Å². The highest BCUT2D eigenvalue weighted by Gasteiger charge is 2.26. The number of hydrogen-bond acceptors (Lipinski definition) is 6. The second-order valence-electron chi connectivity index (χ2n) is 21.0. The van der Waals surface area contributed by atoms with E-state index in [-0.39, 0.29) is 25.8 Å². The summed E-state index contributed by atoms with van der Waals surface area (Å²) in [5.74, 6) is -0.314.